The Morgan fingerprint density at radius 3 is 2.58 bits per heavy atom. The van der Waals surface area contributed by atoms with E-state index in [1.807, 2.05) is 6.92 Å². The van der Waals surface area contributed by atoms with Crippen molar-refractivity contribution in [3.8, 4) is 0 Å². The first-order valence-corrected chi connectivity index (χ1v) is 5.08. The Balaban J connectivity index is 2.01. The monoisotopic (exact) mass is 170 g/mol. The average molecular weight is 170 g/mol. The van der Waals surface area contributed by atoms with Crippen LogP contribution < -0.4 is 0 Å². The van der Waals surface area contributed by atoms with Gasteiger partial charge in [0.15, 0.2) is 6.29 Å². The van der Waals surface area contributed by atoms with E-state index in [0.717, 1.165) is 0 Å². The zero-order chi connectivity index (χ0) is 8.55. The fourth-order valence-corrected chi connectivity index (χ4v) is 2.51. The van der Waals surface area contributed by atoms with Crippen LogP contribution in [0.1, 0.15) is 39.5 Å². The van der Waals surface area contributed by atoms with Crippen molar-refractivity contribution in [1.82, 2.24) is 0 Å². The summed E-state index contributed by atoms with van der Waals surface area (Å²) < 4.78 is 11.4. The van der Waals surface area contributed by atoms with Crippen LogP contribution in [0.3, 0.4) is 0 Å². The second kappa shape index (κ2) is 3.35. The quantitative estimate of drug-likeness (QED) is 0.555. The first-order chi connectivity index (χ1) is 5.77. The van der Waals surface area contributed by atoms with Crippen molar-refractivity contribution in [3.63, 3.8) is 0 Å². The lowest BCUT2D eigenvalue weighted by atomic mass is 9.82. The number of fused-ring (bicyclic) bond motifs is 1. The molecule has 0 aromatic heterocycles. The summed E-state index contributed by atoms with van der Waals surface area (Å²) in [6.45, 7) is 4.18. The van der Waals surface area contributed by atoms with Crippen LogP contribution >= 0.6 is 0 Å². The van der Waals surface area contributed by atoms with Crippen molar-refractivity contribution in [2.24, 2.45) is 5.92 Å². The van der Waals surface area contributed by atoms with Crippen molar-refractivity contribution in [2.45, 2.75) is 58.0 Å². The lowest BCUT2D eigenvalue weighted by Crippen LogP contribution is -2.45. The summed E-state index contributed by atoms with van der Waals surface area (Å²) >= 11 is 0. The largest absolute Gasteiger partial charge is 0.350 e. The summed E-state index contributed by atoms with van der Waals surface area (Å²) in [6, 6.07) is 0. The Kier molecular flexibility index (Phi) is 2.37. The van der Waals surface area contributed by atoms with Crippen molar-refractivity contribution < 1.29 is 9.47 Å². The standard InChI is InChI=1S/C10H18O2/c1-7-9-5-3-4-6-10(9)12-8(2)11-7/h7-10H,3-6H2,1-2H3/t7-,8+,9-,10-/m1/s1. The second-order valence-corrected chi connectivity index (χ2v) is 4.03. The van der Waals surface area contributed by atoms with Gasteiger partial charge < -0.3 is 9.47 Å². The highest BCUT2D eigenvalue weighted by Gasteiger charge is 2.36. The van der Waals surface area contributed by atoms with Gasteiger partial charge in [0, 0.05) is 5.92 Å². The molecular formula is C10H18O2. The van der Waals surface area contributed by atoms with Crippen molar-refractivity contribution in [3.05, 3.63) is 0 Å². The Morgan fingerprint density at radius 1 is 1.00 bits per heavy atom. The maximum absolute atomic E-state index is 5.74. The number of rotatable bonds is 0. The minimum absolute atomic E-state index is 0.0133. The molecule has 70 valence electrons. The molecule has 1 aliphatic carbocycles. The summed E-state index contributed by atoms with van der Waals surface area (Å²) in [4.78, 5) is 0. The third-order valence-electron chi connectivity index (χ3n) is 3.13. The van der Waals surface area contributed by atoms with Crippen LogP contribution in [0.15, 0.2) is 0 Å². The molecule has 2 nitrogen and oxygen atoms in total. The highest BCUT2D eigenvalue weighted by Crippen LogP contribution is 2.35. The molecule has 0 aromatic rings. The van der Waals surface area contributed by atoms with E-state index in [9.17, 15) is 0 Å². The molecule has 0 bridgehead atoms. The molecule has 1 heterocycles. The molecule has 12 heavy (non-hydrogen) atoms. The zero-order valence-electron chi connectivity index (χ0n) is 7.95. The minimum Gasteiger partial charge on any atom is -0.350 e. The Bertz CT molecular complexity index is 158. The molecule has 0 aromatic carbocycles. The normalized spacial score (nSPS) is 48.5. The van der Waals surface area contributed by atoms with Crippen LogP contribution in [0.2, 0.25) is 0 Å². The molecule has 1 saturated heterocycles. The molecule has 0 amide bonds. The topological polar surface area (TPSA) is 18.5 Å². The molecule has 0 radical (unpaired) electrons. The van der Waals surface area contributed by atoms with Crippen LogP contribution in [0.25, 0.3) is 0 Å². The molecule has 0 N–H and O–H groups in total. The van der Waals surface area contributed by atoms with Crippen molar-refractivity contribution in [2.75, 3.05) is 0 Å². The van der Waals surface area contributed by atoms with Crippen LogP contribution in [0.5, 0.6) is 0 Å². The molecule has 1 aliphatic heterocycles. The minimum atomic E-state index is 0.0133. The fraction of sp³-hybridized carbons (Fsp3) is 1.00. The van der Waals surface area contributed by atoms with E-state index in [2.05, 4.69) is 6.92 Å². The Morgan fingerprint density at radius 2 is 1.75 bits per heavy atom. The molecule has 2 fully saturated rings. The number of hydrogen-bond acceptors (Lipinski definition) is 2. The first kappa shape index (κ1) is 8.52. The molecular weight excluding hydrogens is 152 g/mol. The zero-order valence-corrected chi connectivity index (χ0v) is 7.95. The third-order valence-corrected chi connectivity index (χ3v) is 3.13. The molecule has 2 rings (SSSR count). The van der Waals surface area contributed by atoms with E-state index < -0.39 is 0 Å². The van der Waals surface area contributed by atoms with Gasteiger partial charge in [-0.1, -0.05) is 12.8 Å². The highest BCUT2D eigenvalue weighted by atomic mass is 16.7. The fourth-order valence-electron chi connectivity index (χ4n) is 2.51. The summed E-state index contributed by atoms with van der Waals surface area (Å²) in [5.41, 5.74) is 0. The van der Waals surface area contributed by atoms with E-state index in [-0.39, 0.29) is 6.29 Å². The smallest absolute Gasteiger partial charge is 0.155 e. The summed E-state index contributed by atoms with van der Waals surface area (Å²) in [5, 5.41) is 0. The molecule has 2 aliphatic rings. The summed E-state index contributed by atoms with van der Waals surface area (Å²) in [6.07, 6.45) is 6.12. The molecule has 4 atom stereocenters. The van der Waals surface area contributed by atoms with Crippen molar-refractivity contribution >= 4 is 0 Å². The molecule has 0 spiro atoms. The van der Waals surface area contributed by atoms with Crippen LogP contribution in [-0.4, -0.2) is 18.5 Å². The SMILES string of the molecule is C[C@H]1O[C@H](C)[C@H]2CCCC[C@H]2O1. The van der Waals surface area contributed by atoms with Crippen LogP contribution in [0, 0.1) is 5.92 Å². The van der Waals surface area contributed by atoms with Gasteiger partial charge in [0.05, 0.1) is 12.2 Å². The lowest BCUT2D eigenvalue weighted by molar-refractivity contribution is -0.263. The number of ether oxygens (including phenoxy) is 2. The molecule has 2 heteroatoms. The van der Waals surface area contributed by atoms with Gasteiger partial charge in [0.2, 0.25) is 0 Å². The average Bonchev–Trinajstić information content (AvgIpc) is 2.04. The predicted octanol–water partition coefficient (Wildman–Crippen LogP) is 2.33. The van der Waals surface area contributed by atoms with E-state index in [1.165, 1.54) is 25.7 Å². The highest BCUT2D eigenvalue weighted by molar-refractivity contribution is 4.83. The van der Waals surface area contributed by atoms with Crippen molar-refractivity contribution in [1.29, 1.82) is 0 Å². The third kappa shape index (κ3) is 1.50. The van der Waals surface area contributed by atoms with E-state index in [1.54, 1.807) is 0 Å². The maximum atomic E-state index is 5.74. The molecule has 0 unspecified atom stereocenters. The Hall–Kier alpha value is -0.0800. The van der Waals surface area contributed by atoms with Gasteiger partial charge in [0.1, 0.15) is 0 Å². The maximum Gasteiger partial charge on any atom is 0.155 e. The van der Waals surface area contributed by atoms with Gasteiger partial charge in [-0.2, -0.15) is 0 Å². The summed E-state index contributed by atoms with van der Waals surface area (Å²) in [7, 11) is 0. The predicted molar refractivity (Wildman–Crippen MR) is 46.8 cm³/mol. The lowest BCUT2D eigenvalue weighted by Gasteiger charge is -2.42. The van der Waals surface area contributed by atoms with Gasteiger partial charge in [0.25, 0.3) is 0 Å². The van der Waals surface area contributed by atoms with E-state index in [0.29, 0.717) is 18.1 Å². The molecule has 1 saturated carbocycles. The second-order valence-electron chi connectivity index (χ2n) is 4.03. The van der Waals surface area contributed by atoms with E-state index >= 15 is 0 Å². The van der Waals surface area contributed by atoms with Gasteiger partial charge >= 0.3 is 0 Å². The Labute approximate surface area is 74.2 Å². The number of hydrogen-bond donors (Lipinski definition) is 0. The van der Waals surface area contributed by atoms with Crippen LogP contribution in [0.4, 0.5) is 0 Å². The first-order valence-electron chi connectivity index (χ1n) is 5.08. The van der Waals surface area contributed by atoms with E-state index in [4.69, 9.17) is 9.47 Å². The van der Waals surface area contributed by atoms with Gasteiger partial charge in [-0.05, 0) is 26.7 Å². The van der Waals surface area contributed by atoms with Gasteiger partial charge in [-0.15, -0.1) is 0 Å². The summed E-state index contributed by atoms with van der Waals surface area (Å²) in [5.74, 6) is 0.662. The van der Waals surface area contributed by atoms with Crippen LogP contribution in [-0.2, 0) is 9.47 Å². The van der Waals surface area contributed by atoms with Gasteiger partial charge in [-0.25, -0.2) is 0 Å². The van der Waals surface area contributed by atoms with Gasteiger partial charge in [-0.3, -0.25) is 0 Å².